The first-order valence-corrected chi connectivity index (χ1v) is 10.0. The van der Waals surface area contributed by atoms with E-state index >= 15 is 0 Å². The van der Waals surface area contributed by atoms with Crippen LogP contribution in [-0.2, 0) is 14.8 Å². The van der Waals surface area contributed by atoms with Crippen molar-refractivity contribution >= 4 is 21.6 Å². The SMILES string of the molecule is CCN(CC)S(=O)(=O)c1cc(NC(=O)COc2ccc(F)cc2)ccc1C. The number of nitrogens with one attached hydrogen (secondary N) is 1. The second-order valence-electron chi connectivity index (χ2n) is 5.86. The maximum Gasteiger partial charge on any atom is 0.262 e. The zero-order chi connectivity index (χ0) is 20.0. The lowest BCUT2D eigenvalue weighted by molar-refractivity contribution is -0.118. The molecule has 1 amide bonds. The summed E-state index contributed by atoms with van der Waals surface area (Å²) in [5.74, 6) is -0.483. The van der Waals surface area contributed by atoms with Crippen LogP contribution in [-0.4, -0.2) is 38.3 Å². The van der Waals surface area contributed by atoms with E-state index in [1.165, 1.54) is 34.6 Å². The molecule has 0 spiro atoms. The zero-order valence-corrected chi connectivity index (χ0v) is 16.3. The summed E-state index contributed by atoms with van der Waals surface area (Å²) in [5.41, 5.74) is 0.960. The number of sulfonamides is 1. The van der Waals surface area contributed by atoms with Gasteiger partial charge in [-0.25, -0.2) is 12.8 Å². The molecule has 0 aliphatic rings. The van der Waals surface area contributed by atoms with Crippen LogP contribution in [0.3, 0.4) is 0 Å². The van der Waals surface area contributed by atoms with Gasteiger partial charge in [-0.1, -0.05) is 19.9 Å². The predicted molar refractivity (Wildman–Crippen MR) is 102 cm³/mol. The quantitative estimate of drug-likeness (QED) is 0.746. The van der Waals surface area contributed by atoms with E-state index < -0.39 is 21.7 Å². The Morgan fingerprint density at radius 2 is 1.74 bits per heavy atom. The van der Waals surface area contributed by atoms with Crippen LogP contribution < -0.4 is 10.1 Å². The van der Waals surface area contributed by atoms with Gasteiger partial charge >= 0.3 is 0 Å². The van der Waals surface area contributed by atoms with E-state index in [2.05, 4.69) is 5.32 Å². The number of halogens is 1. The number of rotatable bonds is 8. The number of hydrogen-bond donors (Lipinski definition) is 1. The fourth-order valence-electron chi connectivity index (χ4n) is 2.54. The highest BCUT2D eigenvalue weighted by atomic mass is 32.2. The Balaban J connectivity index is 2.11. The van der Waals surface area contributed by atoms with Crippen molar-refractivity contribution in [2.75, 3.05) is 25.0 Å². The number of nitrogens with zero attached hydrogens (tertiary/aromatic N) is 1. The van der Waals surface area contributed by atoms with E-state index in [4.69, 9.17) is 4.74 Å². The average molecular weight is 394 g/mol. The Morgan fingerprint density at radius 3 is 2.33 bits per heavy atom. The Bertz CT molecular complexity index is 894. The van der Waals surface area contributed by atoms with Crippen molar-refractivity contribution in [3.8, 4) is 5.75 Å². The number of anilines is 1. The van der Waals surface area contributed by atoms with Crippen LogP contribution in [0.2, 0.25) is 0 Å². The van der Waals surface area contributed by atoms with Crippen LogP contribution in [0.25, 0.3) is 0 Å². The summed E-state index contributed by atoms with van der Waals surface area (Å²) in [6.07, 6.45) is 0. The van der Waals surface area contributed by atoms with Crippen LogP contribution in [0.1, 0.15) is 19.4 Å². The van der Waals surface area contributed by atoms with E-state index in [0.29, 0.717) is 30.1 Å². The lowest BCUT2D eigenvalue weighted by Crippen LogP contribution is -2.31. The van der Waals surface area contributed by atoms with Crippen molar-refractivity contribution < 1.29 is 22.3 Å². The van der Waals surface area contributed by atoms with Crippen molar-refractivity contribution in [2.24, 2.45) is 0 Å². The van der Waals surface area contributed by atoms with Crippen LogP contribution in [0.5, 0.6) is 5.75 Å². The highest BCUT2D eigenvalue weighted by molar-refractivity contribution is 7.89. The number of carbonyl (C=O) groups excluding carboxylic acids is 1. The second-order valence-corrected chi connectivity index (χ2v) is 7.77. The summed E-state index contributed by atoms with van der Waals surface area (Å²) >= 11 is 0. The van der Waals surface area contributed by atoms with Gasteiger partial charge in [-0.15, -0.1) is 0 Å². The predicted octanol–water partition coefficient (Wildman–Crippen LogP) is 3.18. The van der Waals surface area contributed by atoms with Gasteiger partial charge in [0, 0.05) is 18.8 Å². The number of benzene rings is 2. The minimum Gasteiger partial charge on any atom is -0.484 e. The molecule has 6 nitrogen and oxygen atoms in total. The molecule has 0 bridgehead atoms. The summed E-state index contributed by atoms with van der Waals surface area (Å²) in [7, 11) is -3.63. The highest BCUT2D eigenvalue weighted by Crippen LogP contribution is 2.23. The smallest absolute Gasteiger partial charge is 0.262 e. The molecule has 2 rings (SSSR count). The first kappa shape index (κ1) is 20.9. The molecule has 2 aromatic carbocycles. The molecule has 0 aliphatic heterocycles. The standard InChI is InChI=1S/C19H23FN2O4S/c1-4-22(5-2)27(24,25)18-12-16(9-6-14(18)3)21-19(23)13-26-17-10-7-15(20)8-11-17/h6-12H,4-5,13H2,1-3H3,(H,21,23). The molecule has 0 atom stereocenters. The molecule has 2 aromatic rings. The molecule has 0 fully saturated rings. The third-order valence-electron chi connectivity index (χ3n) is 3.98. The van der Waals surface area contributed by atoms with Gasteiger partial charge in [-0.05, 0) is 48.9 Å². The number of carbonyl (C=O) groups is 1. The van der Waals surface area contributed by atoms with Gasteiger partial charge in [0.05, 0.1) is 4.90 Å². The number of aryl methyl sites for hydroxylation is 1. The normalized spacial score (nSPS) is 11.4. The molecule has 0 heterocycles. The number of amides is 1. The van der Waals surface area contributed by atoms with E-state index in [1.807, 2.05) is 0 Å². The molecule has 0 radical (unpaired) electrons. The summed E-state index contributed by atoms with van der Waals surface area (Å²) in [6.45, 7) is 5.70. The molecule has 0 aromatic heterocycles. The third-order valence-corrected chi connectivity index (χ3v) is 6.17. The van der Waals surface area contributed by atoms with Gasteiger partial charge in [0.25, 0.3) is 5.91 Å². The largest absolute Gasteiger partial charge is 0.484 e. The zero-order valence-electron chi connectivity index (χ0n) is 15.5. The lowest BCUT2D eigenvalue weighted by atomic mass is 10.2. The van der Waals surface area contributed by atoms with Gasteiger partial charge in [0.1, 0.15) is 11.6 Å². The van der Waals surface area contributed by atoms with Gasteiger partial charge in [-0.2, -0.15) is 4.31 Å². The van der Waals surface area contributed by atoms with Crippen molar-refractivity contribution in [3.05, 3.63) is 53.8 Å². The van der Waals surface area contributed by atoms with Crippen molar-refractivity contribution in [1.29, 1.82) is 0 Å². The maximum absolute atomic E-state index is 12.9. The Labute approximate surface area is 159 Å². The Morgan fingerprint density at radius 1 is 1.11 bits per heavy atom. The Kier molecular flexibility index (Phi) is 6.92. The fraction of sp³-hybridized carbons (Fsp3) is 0.316. The monoisotopic (exact) mass is 394 g/mol. The van der Waals surface area contributed by atoms with Crippen molar-refractivity contribution in [2.45, 2.75) is 25.7 Å². The van der Waals surface area contributed by atoms with E-state index in [1.54, 1.807) is 32.9 Å². The molecule has 0 saturated carbocycles. The Hall–Kier alpha value is -2.45. The summed E-state index contributed by atoms with van der Waals surface area (Å²) < 4.78 is 45.0. The molecular weight excluding hydrogens is 371 g/mol. The molecule has 1 N–H and O–H groups in total. The summed E-state index contributed by atoms with van der Waals surface area (Å²) in [6, 6.07) is 10.0. The van der Waals surface area contributed by atoms with Crippen LogP contribution >= 0.6 is 0 Å². The van der Waals surface area contributed by atoms with E-state index in [9.17, 15) is 17.6 Å². The average Bonchev–Trinajstić information content (AvgIpc) is 2.63. The van der Waals surface area contributed by atoms with Crippen LogP contribution in [0, 0.1) is 12.7 Å². The fourth-order valence-corrected chi connectivity index (χ4v) is 4.24. The van der Waals surface area contributed by atoms with E-state index in [-0.39, 0.29) is 11.5 Å². The van der Waals surface area contributed by atoms with E-state index in [0.717, 1.165) is 0 Å². The first-order chi connectivity index (χ1) is 12.8. The molecule has 146 valence electrons. The van der Waals surface area contributed by atoms with Crippen molar-refractivity contribution in [1.82, 2.24) is 4.31 Å². The number of ether oxygens (including phenoxy) is 1. The molecule has 0 aliphatic carbocycles. The maximum atomic E-state index is 12.9. The second kappa shape index (κ2) is 8.96. The molecular formula is C19H23FN2O4S. The van der Waals surface area contributed by atoms with Gasteiger partial charge < -0.3 is 10.1 Å². The minimum absolute atomic E-state index is 0.156. The van der Waals surface area contributed by atoms with Crippen LogP contribution in [0.15, 0.2) is 47.4 Å². The molecule has 0 unspecified atom stereocenters. The minimum atomic E-state index is -3.63. The third kappa shape index (κ3) is 5.27. The van der Waals surface area contributed by atoms with Crippen molar-refractivity contribution in [3.63, 3.8) is 0 Å². The molecule has 0 saturated heterocycles. The molecule has 8 heteroatoms. The highest BCUT2D eigenvalue weighted by Gasteiger charge is 2.24. The summed E-state index contributed by atoms with van der Waals surface area (Å²) in [4.78, 5) is 12.2. The molecule has 27 heavy (non-hydrogen) atoms. The number of hydrogen-bond acceptors (Lipinski definition) is 4. The topological polar surface area (TPSA) is 75.7 Å². The van der Waals surface area contributed by atoms with Gasteiger partial charge in [0.15, 0.2) is 6.61 Å². The van der Waals surface area contributed by atoms with Crippen LogP contribution in [0.4, 0.5) is 10.1 Å². The first-order valence-electron chi connectivity index (χ1n) is 8.57. The summed E-state index contributed by atoms with van der Waals surface area (Å²) in [5, 5.41) is 2.62. The van der Waals surface area contributed by atoms with Gasteiger partial charge in [-0.3, -0.25) is 4.79 Å². The van der Waals surface area contributed by atoms with Gasteiger partial charge in [0.2, 0.25) is 10.0 Å². The lowest BCUT2D eigenvalue weighted by Gasteiger charge is -2.20.